The van der Waals surface area contributed by atoms with Gasteiger partial charge < -0.3 is 10.1 Å². The van der Waals surface area contributed by atoms with E-state index in [1.54, 1.807) is 0 Å². The molecule has 2 aromatic carbocycles. The fourth-order valence-corrected chi connectivity index (χ4v) is 4.37. The summed E-state index contributed by atoms with van der Waals surface area (Å²) >= 11 is 0. The maximum Gasteiger partial charge on any atom is 0.255 e. The van der Waals surface area contributed by atoms with Crippen LogP contribution in [0.5, 0.6) is 5.75 Å². The number of carbonyl (C=O) groups is 1. The summed E-state index contributed by atoms with van der Waals surface area (Å²) in [4.78, 5) is 13.7. The van der Waals surface area contributed by atoms with Crippen LogP contribution < -0.4 is 10.1 Å². The van der Waals surface area contributed by atoms with Gasteiger partial charge in [-0.05, 0) is 54.2 Å². The molecule has 1 amide bonds. The SMILES string of the molecule is CC(=O)NC(C)c1ccc(CN2CCc3c(ccc(OCC4CC4(F)F)c3C)C2)cc1. The van der Waals surface area contributed by atoms with Gasteiger partial charge in [0.05, 0.1) is 18.6 Å². The lowest BCUT2D eigenvalue weighted by Crippen LogP contribution is -2.30. The minimum atomic E-state index is -2.54. The van der Waals surface area contributed by atoms with Crippen LogP contribution in [0.1, 0.15) is 54.1 Å². The maximum absolute atomic E-state index is 13.1. The van der Waals surface area contributed by atoms with Crippen LogP contribution in [0, 0.1) is 12.8 Å². The van der Waals surface area contributed by atoms with Gasteiger partial charge in [0.1, 0.15) is 5.75 Å². The van der Waals surface area contributed by atoms with Crippen molar-refractivity contribution in [1.29, 1.82) is 0 Å². The molecule has 2 unspecified atom stereocenters. The summed E-state index contributed by atoms with van der Waals surface area (Å²) in [5, 5.41) is 2.91. The van der Waals surface area contributed by atoms with Gasteiger partial charge in [-0.25, -0.2) is 8.78 Å². The summed E-state index contributed by atoms with van der Waals surface area (Å²) in [5.41, 5.74) is 5.98. The van der Waals surface area contributed by atoms with E-state index in [1.165, 1.54) is 23.6 Å². The zero-order chi connectivity index (χ0) is 22.2. The number of halogens is 2. The van der Waals surface area contributed by atoms with E-state index >= 15 is 0 Å². The van der Waals surface area contributed by atoms with E-state index in [4.69, 9.17) is 4.74 Å². The van der Waals surface area contributed by atoms with Gasteiger partial charge in [-0.3, -0.25) is 9.69 Å². The van der Waals surface area contributed by atoms with Crippen molar-refractivity contribution in [2.24, 2.45) is 5.92 Å². The molecule has 0 saturated heterocycles. The van der Waals surface area contributed by atoms with Crippen molar-refractivity contribution < 1.29 is 18.3 Å². The Labute approximate surface area is 182 Å². The van der Waals surface area contributed by atoms with E-state index in [2.05, 4.69) is 40.5 Å². The molecule has 166 valence electrons. The normalized spacial score (nSPS) is 20.6. The smallest absolute Gasteiger partial charge is 0.255 e. The van der Waals surface area contributed by atoms with E-state index in [-0.39, 0.29) is 25.0 Å². The van der Waals surface area contributed by atoms with E-state index in [1.807, 2.05) is 19.9 Å². The van der Waals surface area contributed by atoms with Crippen molar-refractivity contribution >= 4 is 5.91 Å². The van der Waals surface area contributed by atoms with E-state index < -0.39 is 11.8 Å². The molecule has 1 aliphatic carbocycles. The second kappa shape index (κ2) is 8.58. The molecule has 1 N–H and O–H groups in total. The highest BCUT2D eigenvalue weighted by atomic mass is 19.3. The fourth-order valence-electron chi connectivity index (χ4n) is 4.37. The largest absolute Gasteiger partial charge is 0.493 e. The lowest BCUT2D eigenvalue weighted by atomic mass is 9.94. The number of fused-ring (bicyclic) bond motifs is 1. The lowest BCUT2D eigenvalue weighted by molar-refractivity contribution is -0.119. The molecule has 4 rings (SSSR count). The standard InChI is InChI=1S/C25H30F2N2O2/c1-16-23-10-11-29(13-19-4-6-20(7-5-19)17(2)28-18(3)30)14-21(23)8-9-24(16)31-15-22-12-25(22,26)27/h4-9,17,22H,10-15H2,1-3H3,(H,28,30). The molecule has 31 heavy (non-hydrogen) atoms. The number of hydrogen-bond acceptors (Lipinski definition) is 3. The monoisotopic (exact) mass is 428 g/mol. The lowest BCUT2D eigenvalue weighted by Gasteiger charge is -2.30. The number of amides is 1. The molecule has 0 radical (unpaired) electrons. The first-order chi connectivity index (χ1) is 14.7. The molecule has 2 aliphatic rings. The van der Waals surface area contributed by atoms with Gasteiger partial charge in [-0.2, -0.15) is 0 Å². The zero-order valence-electron chi connectivity index (χ0n) is 18.4. The van der Waals surface area contributed by atoms with Crippen molar-refractivity contribution in [2.45, 2.75) is 58.7 Å². The third-order valence-corrected chi connectivity index (χ3v) is 6.42. The molecule has 1 fully saturated rings. The minimum Gasteiger partial charge on any atom is -0.493 e. The molecule has 1 saturated carbocycles. The van der Waals surface area contributed by atoms with Crippen molar-refractivity contribution in [3.05, 3.63) is 64.2 Å². The second-order valence-electron chi connectivity index (χ2n) is 8.92. The first-order valence-corrected chi connectivity index (χ1v) is 10.9. The van der Waals surface area contributed by atoms with Gasteiger partial charge in [0.15, 0.2) is 0 Å². The molecule has 0 bridgehead atoms. The topological polar surface area (TPSA) is 41.6 Å². The van der Waals surface area contributed by atoms with Crippen molar-refractivity contribution in [3.63, 3.8) is 0 Å². The Kier molecular flexibility index (Phi) is 6.02. The second-order valence-corrected chi connectivity index (χ2v) is 8.92. The van der Waals surface area contributed by atoms with Gasteiger partial charge in [0.25, 0.3) is 5.92 Å². The Balaban J connectivity index is 1.35. The third-order valence-electron chi connectivity index (χ3n) is 6.42. The number of benzene rings is 2. The minimum absolute atomic E-state index is 0.000976. The van der Waals surface area contributed by atoms with Crippen molar-refractivity contribution in [1.82, 2.24) is 10.2 Å². The number of rotatable bonds is 7. The van der Waals surface area contributed by atoms with Crippen LogP contribution >= 0.6 is 0 Å². The van der Waals surface area contributed by atoms with Crippen LogP contribution in [0.4, 0.5) is 8.78 Å². The Morgan fingerprint density at radius 1 is 1.26 bits per heavy atom. The summed E-state index contributed by atoms with van der Waals surface area (Å²) < 4.78 is 31.9. The Morgan fingerprint density at radius 3 is 2.61 bits per heavy atom. The Hall–Kier alpha value is -2.47. The summed E-state index contributed by atoms with van der Waals surface area (Å²) in [6, 6.07) is 12.4. The number of alkyl halides is 2. The van der Waals surface area contributed by atoms with E-state index in [0.717, 1.165) is 42.9 Å². The van der Waals surface area contributed by atoms with E-state index in [0.29, 0.717) is 0 Å². The zero-order valence-corrected chi connectivity index (χ0v) is 18.4. The van der Waals surface area contributed by atoms with Crippen LogP contribution in [-0.2, 0) is 24.3 Å². The number of hydrogen-bond donors (Lipinski definition) is 1. The molecule has 1 aliphatic heterocycles. The predicted octanol–water partition coefficient (Wildman–Crippen LogP) is 4.78. The molecule has 4 nitrogen and oxygen atoms in total. The first-order valence-electron chi connectivity index (χ1n) is 10.9. The Bertz CT molecular complexity index is 959. The molecular weight excluding hydrogens is 398 g/mol. The number of nitrogens with zero attached hydrogens (tertiary/aromatic N) is 1. The molecule has 1 heterocycles. The molecule has 0 spiro atoms. The number of carbonyl (C=O) groups excluding carboxylic acids is 1. The molecule has 6 heteroatoms. The molecule has 2 atom stereocenters. The summed E-state index contributed by atoms with van der Waals surface area (Å²) in [5.74, 6) is -2.47. The molecule has 2 aromatic rings. The highest BCUT2D eigenvalue weighted by molar-refractivity contribution is 5.73. The molecule has 0 aromatic heterocycles. The highest BCUT2D eigenvalue weighted by Gasteiger charge is 2.57. The average Bonchev–Trinajstić information content (AvgIpc) is 3.34. The van der Waals surface area contributed by atoms with Gasteiger partial charge in [-0.15, -0.1) is 0 Å². The summed E-state index contributed by atoms with van der Waals surface area (Å²) in [6.07, 6.45) is 0.870. The summed E-state index contributed by atoms with van der Waals surface area (Å²) in [6.45, 7) is 8.31. The molecular formula is C25H30F2N2O2. The predicted molar refractivity (Wildman–Crippen MR) is 116 cm³/mol. The fraction of sp³-hybridized carbons (Fsp3) is 0.480. The van der Waals surface area contributed by atoms with Gasteiger partial charge in [-0.1, -0.05) is 30.3 Å². The number of ether oxygens (including phenoxy) is 1. The van der Waals surface area contributed by atoms with Crippen LogP contribution in [0.3, 0.4) is 0 Å². The third kappa shape index (κ3) is 5.06. The maximum atomic E-state index is 13.1. The number of nitrogens with one attached hydrogen (secondary N) is 1. The van der Waals surface area contributed by atoms with Gasteiger partial charge in [0, 0.05) is 33.0 Å². The van der Waals surface area contributed by atoms with Crippen LogP contribution in [-0.4, -0.2) is 29.9 Å². The van der Waals surface area contributed by atoms with Crippen molar-refractivity contribution in [3.8, 4) is 5.75 Å². The Morgan fingerprint density at radius 2 is 1.97 bits per heavy atom. The quantitative estimate of drug-likeness (QED) is 0.690. The van der Waals surface area contributed by atoms with Gasteiger partial charge in [0.2, 0.25) is 5.91 Å². The van der Waals surface area contributed by atoms with Gasteiger partial charge >= 0.3 is 0 Å². The van der Waals surface area contributed by atoms with Crippen LogP contribution in [0.25, 0.3) is 0 Å². The first kappa shape index (κ1) is 21.8. The van der Waals surface area contributed by atoms with Crippen LogP contribution in [0.15, 0.2) is 36.4 Å². The highest BCUT2D eigenvalue weighted by Crippen LogP contribution is 2.48. The average molecular weight is 429 g/mol. The van der Waals surface area contributed by atoms with Crippen LogP contribution in [0.2, 0.25) is 0 Å². The summed E-state index contributed by atoms with van der Waals surface area (Å²) in [7, 11) is 0. The van der Waals surface area contributed by atoms with Crippen molar-refractivity contribution in [2.75, 3.05) is 13.2 Å². The van der Waals surface area contributed by atoms with E-state index in [9.17, 15) is 13.6 Å².